The molecule has 7 nitrogen and oxygen atoms in total. The van der Waals surface area contributed by atoms with Gasteiger partial charge in [-0.05, 0) is 43.7 Å². The average Bonchev–Trinajstić information content (AvgIpc) is 3.06. The van der Waals surface area contributed by atoms with E-state index in [9.17, 15) is 14.0 Å². The molecule has 26 heavy (non-hydrogen) atoms. The number of nitrogens with zero attached hydrogens (tertiary/aromatic N) is 2. The van der Waals surface area contributed by atoms with Crippen LogP contribution in [0.4, 0.5) is 4.39 Å². The first-order valence-electron chi connectivity index (χ1n) is 8.44. The lowest BCUT2D eigenvalue weighted by atomic mass is 9.85. The number of carbonyl (C=O) groups is 2. The molecule has 2 N–H and O–H groups in total. The van der Waals surface area contributed by atoms with Gasteiger partial charge >= 0.3 is 5.97 Å². The summed E-state index contributed by atoms with van der Waals surface area (Å²) in [5.41, 5.74) is 0.720. The van der Waals surface area contributed by atoms with Crippen LogP contribution < -0.4 is 5.32 Å². The number of benzene rings is 1. The Bertz CT molecular complexity index is 784. The summed E-state index contributed by atoms with van der Waals surface area (Å²) in [6, 6.07) is 5.74. The lowest BCUT2D eigenvalue weighted by Crippen LogP contribution is -2.54. The fraction of sp³-hybridized carbons (Fsp3) is 0.389. The van der Waals surface area contributed by atoms with Crippen molar-refractivity contribution in [3.05, 3.63) is 42.2 Å². The number of hydrogen-bond acceptors (Lipinski definition) is 5. The van der Waals surface area contributed by atoms with E-state index in [1.165, 1.54) is 30.7 Å². The molecule has 1 saturated carbocycles. The Labute approximate surface area is 149 Å². The van der Waals surface area contributed by atoms with Gasteiger partial charge in [-0.1, -0.05) is 6.92 Å². The topological polar surface area (TPSA) is 95.7 Å². The second-order valence-corrected chi connectivity index (χ2v) is 6.29. The Balaban J connectivity index is 1.60. The van der Waals surface area contributed by atoms with Crippen molar-refractivity contribution in [2.75, 3.05) is 13.1 Å². The van der Waals surface area contributed by atoms with E-state index in [1.807, 2.05) is 11.8 Å². The van der Waals surface area contributed by atoms with Gasteiger partial charge < -0.3 is 14.8 Å². The van der Waals surface area contributed by atoms with Gasteiger partial charge in [-0.15, -0.1) is 0 Å². The summed E-state index contributed by atoms with van der Waals surface area (Å²) in [4.78, 5) is 29.2. The summed E-state index contributed by atoms with van der Waals surface area (Å²) in [6.07, 6.45) is 2.57. The summed E-state index contributed by atoms with van der Waals surface area (Å²) in [6.45, 7) is 2.56. The van der Waals surface area contributed by atoms with E-state index in [-0.39, 0.29) is 36.0 Å². The summed E-state index contributed by atoms with van der Waals surface area (Å²) in [5.74, 6) is -1.30. The number of rotatable bonds is 7. The van der Waals surface area contributed by atoms with Crippen molar-refractivity contribution in [1.82, 2.24) is 15.2 Å². The van der Waals surface area contributed by atoms with Gasteiger partial charge in [0.15, 0.2) is 17.8 Å². The summed E-state index contributed by atoms with van der Waals surface area (Å²) in [7, 11) is 0. The fourth-order valence-electron chi connectivity index (χ4n) is 3.14. The third-order valence-electron chi connectivity index (χ3n) is 4.60. The molecule has 0 atom stereocenters. The first-order valence-corrected chi connectivity index (χ1v) is 8.44. The summed E-state index contributed by atoms with van der Waals surface area (Å²) < 4.78 is 18.4. The van der Waals surface area contributed by atoms with Gasteiger partial charge in [0, 0.05) is 17.6 Å². The minimum Gasteiger partial charge on any atom is -0.480 e. The van der Waals surface area contributed by atoms with Crippen LogP contribution in [0.1, 0.15) is 30.3 Å². The maximum atomic E-state index is 13.1. The normalized spacial score (nSPS) is 19.2. The van der Waals surface area contributed by atoms with Crippen molar-refractivity contribution >= 4 is 11.9 Å². The van der Waals surface area contributed by atoms with Crippen LogP contribution in [0.3, 0.4) is 0 Å². The molecular formula is C18H20FN3O4. The molecule has 0 radical (unpaired) electrons. The van der Waals surface area contributed by atoms with Crippen LogP contribution in [0, 0.1) is 5.82 Å². The van der Waals surface area contributed by atoms with Crippen molar-refractivity contribution < 1.29 is 23.5 Å². The maximum Gasteiger partial charge on any atom is 0.317 e. The average molecular weight is 361 g/mol. The predicted octanol–water partition coefficient (Wildman–Crippen LogP) is 2.15. The second kappa shape index (κ2) is 7.65. The minimum absolute atomic E-state index is 0.000165. The predicted molar refractivity (Wildman–Crippen MR) is 91.1 cm³/mol. The molecule has 1 aromatic carbocycles. The lowest BCUT2D eigenvalue weighted by molar-refractivity contribution is -0.139. The zero-order valence-corrected chi connectivity index (χ0v) is 14.3. The number of aliphatic carboxylic acids is 1. The Hall–Kier alpha value is -2.74. The Kier molecular flexibility index (Phi) is 5.32. The highest BCUT2D eigenvalue weighted by Crippen LogP contribution is 2.27. The molecule has 8 heteroatoms. The van der Waals surface area contributed by atoms with E-state index >= 15 is 0 Å². The number of carboxylic acid groups (broad SMARTS) is 1. The molecule has 0 saturated heterocycles. The van der Waals surface area contributed by atoms with E-state index in [4.69, 9.17) is 9.52 Å². The molecule has 0 spiro atoms. The van der Waals surface area contributed by atoms with Crippen LogP contribution in [-0.4, -0.2) is 52.0 Å². The smallest absolute Gasteiger partial charge is 0.317 e. The van der Waals surface area contributed by atoms with E-state index in [0.29, 0.717) is 30.7 Å². The molecule has 0 bridgehead atoms. The van der Waals surface area contributed by atoms with Gasteiger partial charge in [0.1, 0.15) is 5.82 Å². The molecule has 1 aromatic heterocycles. The largest absolute Gasteiger partial charge is 0.480 e. The molecule has 2 aromatic rings. The van der Waals surface area contributed by atoms with Crippen molar-refractivity contribution in [3.63, 3.8) is 0 Å². The van der Waals surface area contributed by atoms with Crippen molar-refractivity contribution in [2.24, 2.45) is 0 Å². The fourth-order valence-corrected chi connectivity index (χ4v) is 3.14. The molecule has 138 valence electrons. The Morgan fingerprint density at radius 1 is 1.35 bits per heavy atom. The number of halogens is 1. The minimum atomic E-state index is -0.856. The molecule has 0 aliphatic heterocycles. The van der Waals surface area contributed by atoms with Crippen molar-refractivity contribution in [1.29, 1.82) is 0 Å². The van der Waals surface area contributed by atoms with Crippen LogP contribution in [0.15, 0.2) is 35.1 Å². The monoisotopic (exact) mass is 361 g/mol. The summed E-state index contributed by atoms with van der Waals surface area (Å²) in [5, 5.41) is 11.8. The van der Waals surface area contributed by atoms with E-state index in [2.05, 4.69) is 10.3 Å². The van der Waals surface area contributed by atoms with Crippen LogP contribution in [-0.2, 0) is 4.79 Å². The van der Waals surface area contributed by atoms with Crippen LogP contribution in [0.25, 0.3) is 11.3 Å². The van der Waals surface area contributed by atoms with Gasteiger partial charge in [0.25, 0.3) is 5.91 Å². The van der Waals surface area contributed by atoms with Gasteiger partial charge in [-0.25, -0.2) is 9.37 Å². The quantitative estimate of drug-likeness (QED) is 0.785. The zero-order valence-electron chi connectivity index (χ0n) is 14.3. The Morgan fingerprint density at radius 2 is 2.04 bits per heavy atom. The second-order valence-electron chi connectivity index (χ2n) is 6.29. The van der Waals surface area contributed by atoms with Crippen LogP contribution in [0.5, 0.6) is 0 Å². The molecule has 1 amide bonds. The number of hydrogen-bond donors (Lipinski definition) is 2. The third-order valence-corrected chi connectivity index (χ3v) is 4.60. The SMILES string of the molecule is CCN(CC(=O)O)C1CC(NC(=O)c2ncoc2-c2ccc(F)cc2)C1. The van der Waals surface area contributed by atoms with E-state index < -0.39 is 5.97 Å². The number of likely N-dealkylation sites (N-methyl/N-ethyl adjacent to an activating group) is 1. The molecular weight excluding hydrogens is 341 g/mol. The molecule has 1 fully saturated rings. The molecule has 1 heterocycles. The van der Waals surface area contributed by atoms with Gasteiger partial charge in [0.05, 0.1) is 6.54 Å². The van der Waals surface area contributed by atoms with E-state index in [1.54, 1.807) is 0 Å². The standard InChI is InChI=1S/C18H20FN3O4/c1-2-22(9-15(23)24)14-7-13(8-14)21-18(25)16-17(26-10-20-16)11-3-5-12(19)6-4-11/h3-6,10,13-14H,2,7-9H2,1H3,(H,21,25)(H,23,24). The highest BCUT2D eigenvalue weighted by atomic mass is 19.1. The lowest BCUT2D eigenvalue weighted by Gasteiger charge is -2.42. The summed E-state index contributed by atoms with van der Waals surface area (Å²) >= 11 is 0. The number of carboxylic acids is 1. The number of carbonyl (C=O) groups excluding carboxylic acids is 1. The van der Waals surface area contributed by atoms with Crippen molar-refractivity contribution in [2.45, 2.75) is 31.8 Å². The van der Waals surface area contributed by atoms with Gasteiger partial charge in [0.2, 0.25) is 0 Å². The highest BCUT2D eigenvalue weighted by Gasteiger charge is 2.35. The first-order chi connectivity index (χ1) is 12.5. The number of amides is 1. The van der Waals surface area contributed by atoms with Crippen molar-refractivity contribution in [3.8, 4) is 11.3 Å². The first kappa shape index (κ1) is 18.1. The maximum absolute atomic E-state index is 13.1. The van der Waals surface area contributed by atoms with Gasteiger partial charge in [-0.2, -0.15) is 0 Å². The zero-order chi connectivity index (χ0) is 18.7. The van der Waals surface area contributed by atoms with Crippen LogP contribution in [0.2, 0.25) is 0 Å². The Morgan fingerprint density at radius 3 is 2.65 bits per heavy atom. The number of nitrogens with one attached hydrogen (secondary N) is 1. The molecule has 1 aliphatic carbocycles. The van der Waals surface area contributed by atoms with E-state index in [0.717, 1.165) is 0 Å². The van der Waals surface area contributed by atoms with Crippen LogP contribution >= 0.6 is 0 Å². The highest BCUT2D eigenvalue weighted by molar-refractivity contribution is 5.97. The number of aromatic nitrogens is 1. The van der Waals surface area contributed by atoms with Gasteiger partial charge in [-0.3, -0.25) is 14.5 Å². The number of oxazole rings is 1. The molecule has 3 rings (SSSR count). The third kappa shape index (κ3) is 3.91. The molecule has 1 aliphatic rings. The molecule has 0 unspecified atom stereocenters.